The van der Waals surface area contributed by atoms with Crippen molar-refractivity contribution in [3.8, 4) is 11.1 Å². The number of hydrogen-bond acceptors (Lipinski definition) is 4. The standard InChI is InChI=1S/C22H19ClFN3S/c1-4-27(17-7-5-6-13(2)12-17)20-19-18(15-8-10-16(24)11-9-15)14(3)28-21(19)26-22(23)25-20/h5-12H,4H2,1-3H3. The first-order valence-corrected chi connectivity index (χ1v) is 10.2. The van der Waals surface area contributed by atoms with Gasteiger partial charge in [0.15, 0.2) is 0 Å². The van der Waals surface area contributed by atoms with Gasteiger partial charge in [-0.05, 0) is 67.8 Å². The minimum Gasteiger partial charge on any atom is -0.326 e. The minimum atomic E-state index is -0.254. The number of aryl methyl sites for hydroxylation is 2. The van der Waals surface area contributed by atoms with E-state index in [1.165, 1.54) is 17.7 Å². The molecule has 0 saturated carbocycles. The SMILES string of the molecule is CCN(c1cccc(C)c1)c1nc(Cl)nc2sc(C)c(-c3ccc(F)cc3)c12. The van der Waals surface area contributed by atoms with E-state index in [-0.39, 0.29) is 11.1 Å². The summed E-state index contributed by atoms with van der Waals surface area (Å²) in [6, 6.07) is 14.8. The highest BCUT2D eigenvalue weighted by atomic mass is 35.5. The fourth-order valence-electron chi connectivity index (χ4n) is 3.48. The zero-order valence-corrected chi connectivity index (χ0v) is 17.4. The molecule has 0 bridgehead atoms. The number of nitrogens with zero attached hydrogens (tertiary/aromatic N) is 3. The summed E-state index contributed by atoms with van der Waals surface area (Å²) in [6.45, 7) is 6.93. The van der Waals surface area contributed by atoms with Gasteiger partial charge in [-0.1, -0.05) is 24.3 Å². The van der Waals surface area contributed by atoms with Crippen LogP contribution in [0, 0.1) is 19.7 Å². The minimum absolute atomic E-state index is 0.223. The van der Waals surface area contributed by atoms with Gasteiger partial charge in [0.2, 0.25) is 5.28 Å². The van der Waals surface area contributed by atoms with Crippen molar-refractivity contribution < 1.29 is 4.39 Å². The maximum atomic E-state index is 13.5. The van der Waals surface area contributed by atoms with Crippen molar-refractivity contribution in [1.29, 1.82) is 0 Å². The van der Waals surface area contributed by atoms with Crippen LogP contribution in [0.15, 0.2) is 48.5 Å². The molecule has 0 atom stereocenters. The van der Waals surface area contributed by atoms with E-state index in [0.717, 1.165) is 44.3 Å². The molecule has 0 amide bonds. The number of anilines is 2. The average Bonchev–Trinajstić information content (AvgIpc) is 2.98. The quantitative estimate of drug-likeness (QED) is 0.341. The Morgan fingerprint density at radius 1 is 1.07 bits per heavy atom. The van der Waals surface area contributed by atoms with Crippen molar-refractivity contribution in [3.05, 3.63) is 70.1 Å². The van der Waals surface area contributed by atoms with E-state index in [0.29, 0.717) is 0 Å². The number of fused-ring (bicyclic) bond motifs is 1. The third-order valence-electron chi connectivity index (χ3n) is 4.70. The van der Waals surface area contributed by atoms with Crippen molar-refractivity contribution >= 4 is 44.7 Å². The molecular formula is C22H19ClFN3S. The lowest BCUT2D eigenvalue weighted by atomic mass is 10.0. The Kier molecular flexibility index (Phi) is 5.04. The smallest absolute Gasteiger partial charge is 0.225 e. The molecule has 4 rings (SSSR count). The molecule has 2 aromatic carbocycles. The Hall–Kier alpha value is -2.50. The van der Waals surface area contributed by atoms with E-state index in [9.17, 15) is 4.39 Å². The number of aromatic nitrogens is 2. The predicted octanol–water partition coefficient (Wildman–Crippen LogP) is 6.93. The summed E-state index contributed by atoms with van der Waals surface area (Å²) < 4.78 is 13.5. The van der Waals surface area contributed by atoms with Crippen LogP contribution in [0.4, 0.5) is 15.9 Å². The van der Waals surface area contributed by atoms with Gasteiger partial charge in [0.25, 0.3) is 0 Å². The molecule has 0 spiro atoms. The van der Waals surface area contributed by atoms with E-state index in [2.05, 4.69) is 46.9 Å². The fraction of sp³-hybridized carbons (Fsp3) is 0.182. The zero-order valence-electron chi connectivity index (χ0n) is 15.8. The second-order valence-electron chi connectivity index (χ2n) is 6.62. The van der Waals surface area contributed by atoms with Gasteiger partial charge in [-0.2, -0.15) is 4.98 Å². The molecule has 3 nitrogen and oxygen atoms in total. The molecule has 0 N–H and O–H groups in total. The Bertz CT molecular complexity index is 1150. The second kappa shape index (κ2) is 7.49. The highest BCUT2D eigenvalue weighted by Crippen LogP contribution is 2.43. The lowest BCUT2D eigenvalue weighted by Crippen LogP contribution is -2.18. The third-order valence-corrected chi connectivity index (χ3v) is 5.87. The first-order valence-electron chi connectivity index (χ1n) is 9.04. The Morgan fingerprint density at radius 3 is 2.50 bits per heavy atom. The third kappa shape index (κ3) is 3.36. The first-order chi connectivity index (χ1) is 13.5. The van der Waals surface area contributed by atoms with Gasteiger partial charge >= 0.3 is 0 Å². The van der Waals surface area contributed by atoms with E-state index in [4.69, 9.17) is 11.6 Å². The van der Waals surface area contributed by atoms with Crippen LogP contribution >= 0.6 is 22.9 Å². The average molecular weight is 412 g/mol. The van der Waals surface area contributed by atoms with Gasteiger partial charge in [-0.15, -0.1) is 11.3 Å². The van der Waals surface area contributed by atoms with E-state index >= 15 is 0 Å². The summed E-state index contributed by atoms with van der Waals surface area (Å²) in [4.78, 5) is 13.1. The molecule has 4 aromatic rings. The summed E-state index contributed by atoms with van der Waals surface area (Å²) in [5.74, 6) is 0.516. The Balaban J connectivity index is 2.01. The van der Waals surface area contributed by atoms with Gasteiger partial charge in [-0.25, -0.2) is 9.37 Å². The van der Waals surface area contributed by atoms with Gasteiger partial charge in [0, 0.05) is 22.7 Å². The molecule has 2 aromatic heterocycles. The number of thiophene rings is 1. The zero-order chi connectivity index (χ0) is 19.8. The molecular weight excluding hydrogens is 393 g/mol. The van der Waals surface area contributed by atoms with Gasteiger partial charge in [0.05, 0.1) is 5.39 Å². The molecule has 0 saturated heterocycles. The highest BCUT2D eigenvalue weighted by Gasteiger charge is 2.22. The lowest BCUT2D eigenvalue weighted by molar-refractivity contribution is 0.628. The molecule has 0 fully saturated rings. The van der Waals surface area contributed by atoms with Crippen LogP contribution in [0.3, 0.4) is 0 Å². The van der Waals surface area contributed by atoms with Crippen LogP contribution in [0.2, 0.25) is 5.28 Å². The van der Waals surface area contributed by atoms with Gasteiger partial charge in [-0.3, -0.25) is 0 Å². The summed E-state index contributed by atoms with van der Waals surface area (Å²) in [5, 5.41) is 1.17. The van der Waals surface area contributed by atoms with Crippen LogP contribution in [0.5, 0.6) is 0 Å². The van der Waals surface area contributed by atoms with Crippen LogP contribution in [-0.4, -0.2) is 16.5 Å². The number of rotatable bonds is 4. The molecule has 6 heteroatoms. The maximum Gasteiger partial charge on any atom is 0.225 e. The van der Waals surface area contributed by atoms with Crippen LogP contribution in [0.1, 0.15) is 17.4 Å². The van der Waals surface area contributed by atoms with E-state index in [1.807, 2.05) is 13.0 Å². The van der Waals surface area contributed by atoms with Crippen molar-refractivity contribution in [1.82, 2.24) is 9.97 Å². The normalized spacial score (nSPS) is 11.2. The number of benzene rings is 2. The Labute approximate surface area is 172 Å². The summed E-state index contributed by atoms with van der Waals surface area (Å²) in [5.41, 5.74) is 4.19. The highest BCUT2D eigenvalue weighted by molar-refractivity contribution is 7.19. The summed E-state index contributed by atoms with van der Waals surface area (Å²) in [6.07, 6.45) is 0. The van der Waals surface area contributed by atoms with Crippen molar-refractivity contribution in [3.63, 3.8) is 0 Å². The van der Waals surface area contributed by atoms with Crippen LogP contribution in [-0.2, 0) is 0 Å². The fourth-order valence-corrected chi connectivity index (χ4v) is 4.73. The molecule has 0 aliphatic carbocycles. The van der Waals surface area contributed by atoms with Crippen molar-refractivity contribution in [2.45, 2.75) is 20.8 Å². The molecule has 0 unspecified atom stereocenters. The van der Waals surface area contributed by atoms with Crippen molar-refractivity contribution in [2.75, 3.05) is 11.4 Å². The predicted molar refractivity (Wildman–Crippen MR) is 116 cm³/mol. The second-order valence-corrected chi connectivity index (χ2v) is 8.16. The molecule has 0 radical (unpaired) electrons. The monoisotopic (exact) mass is 411 g/mol. The topological polar surface area (TPSA) is 29.0 Å². The van der Waals surface area contributed by atoms with Crippen LogP contribution < -0.4 is 4.90 Å². The van der Waals surface area contributed by atoms with E-state index in [1.54, 1.807) is 23.5 Å². The number of hydrogen-bond donors (Lipinski definition) is 0. The molecule has 142 valence electrons. The van der Waals surface area contributed by atoms with Crippen molar-refractivity contribution in [2.24, 2.45) is 0 Å². The Morgan fingerprint density at radius 2 is 1.82 bits per heavy atom. The lowest BCUT2D eigenvalue weighted by Gasteiger charge is -2.24. The summed E-state index contributed by atoms with van der Waals surface area (Å²) in [7, 11) is 0. The molecule has 0 aliphatic heterocycles. The first kappa shape index (κ1) is 18.8. The summed E-state index contributed by atoms with van der Waals surface area (Å²) >= 11 is 7.86. The molecule has 2 heterocycles. The number of halogens is 2. The van der Waals surface area contributed by atoms with Crippen LogP contribution in [0.25, 0.3) is 21.3 Å². The maximum absolute atomic E-state index is 13.5. The van der Waals surface area contributed by atoms with Gasteiger partial charge < -0.3 is 4.90 Å². The molecule has 0 aliphatic rings. The molecule has 28 heavy (non-hydrogen) atoms. The van der Waals surface area contributed by atoms with Gasteiger partial charge in [0.1, 0.15) is 16.5 Å². The van der Waals surface area contributed by atoms with E-state index < -0.39 is 0 Å². The largest absolute Gasteiger partial charge is 0.326 e.